The summed E-state index contributed by atoms with van der Waals surface area (Å²) in [5.41, 5.74) is 4.06. The van der Waals surface area contributed by atoms with Gasteiger partial charge in [0.25, 0.3) is 0 Å². The zero-order valence-corrected chi connectivity index (χ0v) is 38.0. The summed E-state index contributed by atoms with van der Waals surface area (Å²) in [5.74, 6) is -2.35. The van der Waals surface area contributed by atoms with Crippen molar-refractivity contribution < 1.29 is 75.1 Å². The molecular formula is C49H42F6N2O10S2. The van der Waals surface area contributed by atoms with Crippen LogP contribution in [0.15, 0.2) is 109 Å². The third kappa shape index (κ3) is 12.1. The molecule has 6 aromatic rings. The number of alkyl halides is 6. The molecule has 2 aliphatic rings. The first-order valence-corrected chi connectivity index (χ1v) is 22.7. The van der Waals surface area contributed by atoms with Crippen molar-refractivity contribution in [3.63, 3.8) is 0 Å². The van der Waals surface area contributed by atoms with E-state index >= 15 is 0 Å². The molecule has 0 unspecified atom stereocenters. The molecule has 0 spiro atoms. The van der Waals surface area contributed by atoms with Crippen molar-refractivity contribution >= 4 is 57.8 Å². The van der Waals surface area contributed by atoms with E-state index in [2.05, 4.69) is 4.74 Å². The smallest absolute Gasteiger partial charge is 0.426 e. The van der Waals surface area contributed by atoms with Crippen molar-refractivity contribution in [2.24, 2.45) is 0 Å². The molecule has 362 valence electrons. The Balaban J connectivity index is 0.000000204. The van der Waals surface area contributed by atoms with Gasteiger partial charge in [-0.15, -0.1) is 22.7 Å². The van der Waals surface area contributed by atoms with Crippen molar-refractivity contribution in [2.75, 3.05) is 30.0 Å². The Hall–Kier alpha value is -6.74. The molecule has 2 amide bonds. The highest BCUT2D eigenvalue weighted by molar-refractivity contribution is 7.13. The van der Waals surface area contributed by atoms with Crippen molar-refractivity contribution in [3.05, 3.63) is 140 Å². The number of carbonyl (C=O) groups is 4. The number of anilines is 2. The van der Waals surface area contributed by atoms with Crippen LogP contribution >= 0.6 is 22.7 Å². The third-order valence-corrected chi connectivity index (χ3v) is 13.3. The molecule has 0 bridgehead atoms. The number of aliphatic hydroxyl groups excluding tert-OH is 2. The first-order chi connectivity index (χ1) is 32.8. The van der Waals surface area contributed by atoms with Gasteiger partial charge < -0.3 is 39.3 Å². The van der Waals surface area contributed by atoms with Gasteiger partial charge in [-0.25, -0.2) is 9.59 Å². The Kier molecular flexibility index (Phi) is 15.5. The minimum Gasteiger partial charge on any atom is -0.488 e. The maximum atomic E-state index is 13.6. The van der Waals surface area contributed by atoms with Crippen molar-refractivity contribution in [1.29, 1.82) is 0 Å². The van der Waals surface area contributed by atoms with E-state index in [4.69, 9.17) is 14.6 Å². The normalized spacial score (nSPS) is 14.0. The molecule has 0 fully saturated rings. The highest BCUT2D eigenvalue weighted by Gasteiger charge is 2.38. The summed E-state index contributed by atoms with van der Waals surface area (Å²) in [6, 6.07) is 29.8. The molecule has 3 N–H and O–H groups in total. The predicted molar refractivity (Wildman–Crippen MR) is 244 cm³/mol. The molecule has 12 nitrogen and oxygen atoms in total. The lowest BCUT2D eigenvalue weighted by molar-refractivity contribution is -0.152. The number of ether oxygens (including phenoxy) is 3. The SMILES string of the molecule is COC(=O)[C@@H](O)CC(=O)N1CCc2cc(OCc3cc(-c4ccccc4)c(C(F)(F)F)s3)ccc21.O=C(O)[C@@H](O)CC(=O)N1CCc2cc(OCc3cc(-c4ccccc4)c(C(F)(F)F)s3)ccc21. The number of fused-ring (bicyclic) bond motifs is 2. The predicted octanol–water partition coefficient (Wildman–Crippen LogP) is 9.56. The second-order valence-electron chi connectivity index (χ2n) is 15.7. The van der Waals surface area contributed by atoms with Crippen LogP contribution in [0.3, 0.4) is 0 Å². The number of rotatable bonds is 14. The summed E-state index contributed by atoms with van der Waals surface area (Å²) in [5, 5.41) is 28.0. The molecule has 4 aromatic carbocycles. The number of esters is 1. The summed E-state index contributed by atoms with van der Waals surface area (Å²) in [4.78, 5) is 49.4. The summed E-state index contributed by atoms with van der Waals surface area (Å²) in [7, 11) is 1.13. The number of carboxylic acid groups (broad SMARTS) is 1. The van der Waals surface area contributed by atoms with Crippen LogP contribution in [0, 0.1) is 0 Å². The van der Waals surface area contributed by atoms with E-state index in [1.165, 1.54) is 21.9 Å². The molecule has 2 aliphatic heterocycles. The van der Waals surface area contributed by atoms with Crippen LogP contribution in [0.25, 0.3) is 22.3 Å². The molecule has 20 heteroatoms. The van der Waals surface area contributed by atoms with Gasteiger partial charge in [-0.3, -0.25) is 9.59 Å². The minimum absolute atomic E-state index is 0.0344. The second-order valence-corrected chi connectivity index (χ2v) is 18.0. The fraction of sp³-hybridized carbons (Fsp3) is 0.265. The van der Waals surface area contributed by atoms with Crippen LogP contribution in [-0.2, 0) is 62.3 Å². The van der Waals surface area contributed by atoms with E-state index in [0.717, 1.165) is 18.2 Å². The van der Waals surface area contributed by atoms with Gasteiger partial charge in [-0.2, -0.15) is 26.3 Å². The minimum atomic E-state index is -4.48. The largest absolute Gasteiger partial charge is 0.488 e. The zero-order chi connectivity index (χ0) is 49.6. The van der Waals surface area contributed by atoms with Gasteiger partial charge in [0, 0.05) is 45.3 Å². The lowest BCUT2D eigenvalue weighted by Crippen LogP contribution is -2.34. The fourth-order valence-electron chi connectivity index (χ4n) is 7.73. The number of amides is 2. The Bertz CT molecular complexity index is 2820. The van der Waals surface area contributed by atoms with Gasteiger partial charge in [0.2, 0.25) is 11.8 Å². The van der Waals surface area contributed by atoms with Crippen molar-refractivity contribution in [3.8, 4) is 33.8 Å². The Morgan fingerprint density at radius 3 is 1.39 bits per heavy atom. The lowest BCUT2D eigenvalue weighted by atomic mass is 10.1. The zero-order valence-electron chi connectivity index (χ0n) is 36.4. The molecular weight excluding hydrogens is 955 g/mol. The number of thiophene rings is 2. The van der Waals surface area contributed by atoms with Crippen molar-refractivity contribution in [2.45, 2.75) is 63.5 Å². The second kappa shape index (κ2) is 21.3. The van der Waals surface area contributed by atoms with E-state index in [-0.39, 0.29) is 24.3 Å². The van der Waals surface area contributed by atoms with E-state index in [9.17, 15) is 55.7 Å². The van der Waals surface area contributed by atoms with E-state index in [0.29, 0.717) is 92.4 Å². The Labute approximate surface area is 398 Å². The number of nitrogens with zero attached hydrogens (tertiary/aromatic N) is 2. The Morgan fingerprint density at radius 2 is 1.01 bits per heavy atom. The summed E-state index contributed by atoms with van der Waals surface area (Å²) < 4.78 is 97.5. The molecule has 8 rings (SSSR count). The first kappa shape index (κ1) is 50.1. The molecule has 4 heterocycles. The van der Waals surface area contributed by atoms with Crippen LogP contribution < -0.4 is 19.3 Å². The van der Waals surface area contributed by atoms with Gasteiger partial charge in [-0.1, -0.05) is 60.7 Å². The third-order valence-electron chi connectivity index (χ3n) is 11.0. The van der Waals surface area contributed by atoms with E-state index < -0.39 is 70.9 Å². The van der Waals surface area contributed by atoms with Gasteiger partial charge in [0.05, 0.1) is 20.0 Å². The van der Waals surface area contributed by atoms with E-state index in [1.807, 2.05) is 0 Å². The maximum Gasteiger partial charge on any atom is 0.426 e. The number of halogens is 6. The highest BCUT2D eigenvalue weighted by Crippen LogP contribution is 2.45. The average Bonchev–Trinajstić information content (AvgIpc) is 4.15. The van der Waals surface area contributed by atoms with Crippen LogP contribution in [0.2, 0.25) is 0 Å². The fourth-order valence-corrected chi connectivity index (χ4v) is 9.65. The number of aliphatic carboxylic acids is 1. The number of hydrogen-bond acceptors (Lipinski definition) is 11. The van der Waals surface area contributed by atoms with Gasteiger partial charge in [-0.05, 0) is 83.6 Å². The van der Waals surface area contributed by atoms with Gasteiger partial charge >= 0.3 is 24.3 Å². The van der Waals surface area contributed by atoms with Crippen LogP contribution in [0.5, 0.6) is 11.5 Å². The van der Waals surface area contributed by atoms with Crippen molar-refractivity contribution in [1.82, 2.24) is 0 Å². The molecule has 0 radical (unpaired) electrons. The topological polar surface area (TPSA) is 163 Å². The van der Waals surface area contributed by atoms with Crippen LogP contribution in [-0.4, -0.2) is 71.5 Å². The molecule has 0 saturated heterocycles. The average molecular weight is 997 g/mol. The van der Waals surface area contributed by atoms with E-state index in [1.54, 1.807) is 97.1 Å². The molecule has 2 atom stereocenters. The first-order valence-electron chi connectivity index (χ1n) is 21.1. The molecule has 69 heavy (non-hydrogen) atoms. The number of hydrogen-bond donors (Lipinski definition) is 3. The number of carboxylic acids is 1. The summed E-state index contributed by atoms with van der Waals surface area (Å²) in [6.45, 7) is 0.635. The summed E-state index contributed by atoms with van der Waals surface area (Å²) in [6.07, 6.45) is -12.1. The van der Waals surface area contributed by atoms with Crippen LogP contribution in [0.4, 0.5) is 37.7 Å². The quantitative estimate of drug-likeness (QED) is 0.0708. The maximum absolute atomic E-state index is 13.6. The lowest BCUT2D eigenvalue weighted by Gasteiger charge is -2.19. The van der Waals surface area contributed by atoms with Gasteiger partial charge in [0.15, 0.2) is 12.2 Å². The number of benzene rings is 4. The van der Waals surface area contributed by atoms with Crippen LogP contribution in [0.1, 0.15) is 43.5 Å². The Morgan fingerprint density at radius 1 is 0.609 bits per heavy atom. The number of carbonyl (C=O) groups excluding carboxylic acids is 3. The monoisotopic (exact) mass is 996 g/mol. The molecule has 0 aliphatic carbocycles. The molecule has 0 saturated carbocycles. The highest BCUT2D eigenvalue weighted by atomic mass is 32.1. The molecule has 2 aromatic heterocycles. The number of methoxy groups -OCH3 is 1. The standard InChI is InChI=1S/C25H22F3NO5S.C24H20F3NO5S/c1-33-24(32)21(30)13-22(31)29-10-9-16-11-17(7-8-20(16)29)34-14-18-12-19(15-5-3-2-4-6-15)23(35-18)25(26,27)28;25-24(26,27)22-18(14-4-2-1-3-5-14)11-17(34-22)13-33-16-6-7-19-15(10-16)8-9-28(19)21(30)12-20(29)23(31)32/h2-8,11-12,21,30H,9-10,13-14H2,1H3;1-7,10-11,20,29H,8-9,12-13H2,(H,31,32)/t21-;20-/m00/s1. The number of aliphatic hydroxyl groups is 2. The van der Waals surface area contributed by atoms with Gasteiger partial charge in [0.1, 0.15) is 34.5 Å². The summed E-state index contributed by atoms with van der Waals surface area (Å²) >= 11 is 1.30.